The van der Waals surface area contributed by atoms with Crippen LogP contribution >= 0.6 is 0 Å². The molecule has 120 valence electrons. The molecule has 0 saturated heterocycles. The lowest BCUT2D eigenvalue weighted by Gasteiger charge is -2.24. The Morgan fingerprint density at radius 2 is 1.48 bits per heavy atom. The molecule has 1 atom stereocenters. The molecule has 1 rings (SSSR count). The Bertz CT molecular complexity index is 382. The van der Waals surface area contributed by atoms with E-state index in [1.54, 1.807) is 0 Å². The monoisotopic (exact) mass is 298 g/mol. The molecule has 0 aliphatic rings. The highest BCUT2D eigenvalue weighted by Crippen LogP contribution is 2.18. The second kappa shape index (κ2) is 9.85. The van der Waals surface area contributed by atoms with Gasteiger partial charge in [-0.3, -0.25) is 0 Å². The van der Waals surface area contributed by atoms with Crippen LogP contribution in [0, 0.1) is 11.6 Å². The van der Waals surface area contributed by atoms with Gasteiger partial charge in [0.05, 0.1) is 0 Å². The maximum Gasteiger partial charge on any atom is 0.126 e. The summed E-state index contributed by atoms with van der Waals surface area (Å²) >= 11 is 0. The van der Waals surface area contributed by atoms with Crippen LogP contribution in [-0.4, -0.2) is 24.5 Å². The van der Waals surface area contributed by atoms with E-state index in [1.165, 1.54) is 37.8 Å². The van der Waals surface area contributed by atoms with Crippen LogP contribution in [0.25, 0.3) is 0 Å². The fourth-order valence-electron chi connectivity index (χ4n) is 2.38. The molecule has 1 unspecified atom stereocenters. The van der Waals surface area contributed by atoms with Gasteiger partial charge in [0.25, 0.3) is 0 Å². The summed E-state index contributed by atoms with van der Waals surface area (Å²) in [4.78, 5) is 2.41. The first-order valence-electron chi connectivity index (χ1n) is 8.00. The molecule has 0 amide bonds. The van der Waals surface area contributed by atoms with Crippen molar-refractivity contribution in [3.05, 3.63) is 35.4 Å². The number of rotatable bonds is 10. The Morgan fingerprint density at radius 1 is 0.952 bits per heavy atom. The van der Waals surface area contributed by atoms with E-state index in [4.69, 9.17) is 5.73 Å². The maximum atomic E-state index is 13.2. The Morgan fingerprint density at radius 3 is 1.95 bits per heavy atom. The van der Waals surface area contributed by atoms with Crippen LogP contribution in [0.1, 0.15) is 57.6 Å². The number of hydrogen-bond donors (Lipinski definition) is 1. The van der Waals surface area contributed by atoms with Gasteiger partial charge in [-0.2, -0.15) is 0 Å². The molecule has 0 saturated carbocycles. The average molecular weight is 298 g/mol. The largest absolute Gasteiger partial charge is 0.324 e. The highest BCUT2D eigenvalue weighted by Gasteiger charge is 2.12. The predicted octanol–water partition coefficient (Wildman–Crippen LogP) is 4.26. The second-order valence-corrected chi connectivity index (χ2v) is 5.65. The first-order valence-corrected chi connectivity index (χ1v) is 8.00. The van der Waals surface area contributed by atoms with Gasteiger partial charge >= 0.3 is 0 Å². The number of hydrogen-bond acceptors (Lipinski definition) is 2. The van der Waals surface area contributed by atoms with Crippen molar-refractivity contribution >= 4 is 0 Å². The van der Waals surface area contributed by atoms with Gasteiger partial charge in [-0.05, 0) is 56.6 Å². The Kier molecular flexibility index (Phi) is 8.47. The molecule has 1 aromatic carbocycles. The molecule has 0 fully saturated rings. The summed E-state index contributed by atoms with van der Waals surface area (Å²) in [5.41, 5.74) is 6.62. The van der Waals surface area contributed by atoms with Crippen molar-refractivity contribution in [2.24, 2.45) is 5.73 Å². The molecular formula is C17H28F2N2. The quantitative estimate of drug-likeness (QED) is 0.699. The van der Waals surface area contributed by atoms with E-state index < -0.39 is 11.6 Å². The Hall–Kier alpha value is -1.00. The summed E-state index contributed by atoms with van der Waals surface area (Å²) < 4.78 is 26.4. The van der Waals surface area contributed by atoms with Crippen LogP contribution in [0.15, 0.2) is 18.2 Å². The van der Waals surface area contributed by atoms with Crippen LogP contribution in [0.3, 0.4) is 0 Å². The smallest absolute Gasteiger partial charge is 0.126 e. The minimum atomic E-state index is -0.561. The van der Waals surface area contributed by atoms with Crippen molar-refractivity contribution in [3.63, 3.8) is 0 Å². The van der Waals surface area contributed by atoms with E-state index in [2.05, 4.69) is 18.7 Å². The molecule has 0 bridgehead atoms. The van der Waals surface area contributed by atoms with Crippen molar-refractivity contribution in [2.45, 2.75) is 52.0 Å². The van der Waals surface area contributed by atoms with Gasteiger partial charge in [0.15, 0.2) is 0 Å². The summed E-state index contributed by atoms with van der Waals surface area (Å²) in [6, 6.07) is 3.22. The fraction of sp³-hybridized carbons (Fsp3) is 0.647. The molecule has 2 nitrogen and oxygen atoms in total. The lowest BCUT2D eigenvalue weighted by Crippen LogP contribution is -2.29. The third-order valence-electron chi connectivity index (χ3n) is 3.73. The number of nitrogens with zero attached hydrogens (tertiary/aromatic N) is 1. The van der Waals surface area contributed by atoms with E-state index in [9.17, 15) is 8.78 Å². The van der Waals surface area contributed by atoms with Gasteiger partial charge in [-0.1, -0.05) is 26.7 Å². The highest BCUT2D eigenvalue weighted by atomic mass is 19.1. The third-order valence-corrected chi connectivity index (χ3v) is 3.73. The van der Waals surface area contributed by atoms with Crippen LogP contribution in [-0.2, 0) is 0 Å². The molecule has 0 aliphatic heterocycles. The molecule has 0 radical (unpaired) electrons. The molecule has 2 N–H and O–H groups in total. The SMILES string of the molecule is CCCCN(CCCC)CCC(N)c1cc(F)cc(F)c1. The molecule has 4 heteroatoms. The van der Waals surface area contributed by atoms with E-state index in [0.717, 1.165) is 32.1 Å². The number of nitrogens with two attached hydrogens (primary N) is 1. The normalized spacial score (nSPS) is 12.9. The lowest BCUT2D eigenvalue weighted by molar-refractivity contribution is 0.255. The molecule has 21 heavy (non-hydrogen) atoms. The first-order chi connectivity index (χ1) is 10.1. The topological polar surface area (TPSA) is 29.3 Å². The average Bonchev–Trinajstić information content (AvgIpc) is 2.45. The summed E-state index contributed by atoms with van der Waals surface area (Å²) in [5.74, 6) is -1.12. The number of unbranched alkanes of at least 4 members (excludes halogenated alkanes) is 2. The summed E-state index contributed by atoms with van der Waals surface area (Å²) in [7, 11) is 0. The lowest BCUT2D eigenvalue weighted by atomic mass is 10.0. The van der Waals surface area contributed by atoms with Crippen molar-refractivity contribution in [2.75, 3.05) is 19.6 Å². The van der Waals surface area contributed by atoms with Crippen LogP contribution in [0.5, 0.6) is 0 Å². The van der Waals surface area contributed by atoms with Gasteiger partial charge in [0.2, 0.25) is 0 Å². The molecule has 0 aromatic heterocycles. The van der Waals surface area contributed by atoms with Crippen molar-refractivity contribution < 1.29 is 8.78 Å². The van der Waals surface area contributed by atoms with Gasteiger partial charge in [-0.15, -0.1) is 0 Å². The summed E-state index contributed by atoms with van der Waals surface area (Å²) in [6.45, 7) is 7.37. The summed E-state index contributed by atoms with van der Waals surface area (Å²) in [5, 5.41) is 0. The minimum Gasteiger partial charge on any atom is -0.324 e. The molecule has 1 aromatic rings. The Balaban J connectivity index is 2.52. The maximum absolute atomic E-state index is 13.2. The fourth-order valence-corrected chi connectivity index (χ4v) is 2.38. The van der Waals surface area contributed by atoms with E-state index in [1.807, 2.05) is 0 Å². The molecular weight excluding hydrogens is 270 g/mol. The zero-order valence-corrected chi connectivity index (χ0v) is 13.2. The van der Waals surface area contributed by atoms with Crippen LogP contribution < -0.4 is 5.73 Å². The van der Waals surface area contributed by atoms with Gasteiger partial charge in [-0.25, -0.2) is 8.78 Å². The number of benzene rings is 1. The van der Waals surface area contributed by atoms with Gasteiger partial charge < -0.3 is 10.6 Å². The van der Waals surface area contributed by atoms with E-state index in [0.29, 0.717) is 5.56 Å². The summed E-state index contributed by atoms with van der Waals surface area (Å²) in [6.07, 6.45) is 5.41. The standard InChI is InChI=1S/C17H28F2N2/c1-3-5-8-21(9-6-4-2)10-7-17(20)14-11-15(18)13-16(19)12-14/h11-13,17H,3-10,20H2,1-2H3. The first kappa shape index (κ1) is 18.1. The van der Waals surface area contributed by atoms with Crippen molar-refractivity contribution in [1.82, 2.24) is 4.90 Å². The molecule has 0 aliphatic carbocycles. The second-order valence-electron chi connectivity index (χ2n) is 5.65. The zero-order valence-electron chi connectivity index (χ0n) is 13.2. The van der Waals surface area contributed by atoms with Crippen molar-refractivity contribution in [3.8, 4) is 0 Å². The Labute approximate surface area is 127 Å². The van der Waals surface area contributed by atoms with Crippen LogP contribution in [0.2, 0.25) is 0 Å². The highest BCUT2D eigenvalue weighted by molar-refractivity contribution is 5.21. The van der Waals surface area contributed by atoms with Gasteiger partial charge in [0, 0.05) is 12.1 Å². The van der Waals surface area contributed by atoms with E-state index in [-0.39, 0.29) is 6.04 Å². The molecule has 0 spiro atoms. The third kappa shape index (κ3) is 7.00. The zero-order chi connectivity index (χ0) is 15.7. The molecule has 0 heterocycles. The minimum absolute atomic E-state index is 0.319. The van der Waals surface area contributed by atoms with Crippen LogP contribution in [0.4, 0.5) is 8.78 Å². The van der Waals surface area contributed by atoms with Crippen molar-refractivity contribution in [1.29, 1.82) is 0 Å². The van der Waals surface area contributed by atoms with E-state index >= 15 is 0 Å². The number of halogens is 2. The predicted molar refractivity (Wildman–Crippen MR) is 84.2 cm³/mol. The van der Waals surface area contributed by atoms with Gasteiger partial charge in [0.1, 0.15) is 11.6 Å².